The van der Waals surface area contributed by atoms with Crippen LogP contribution < -0.4 is 10.6 Å². The molecule has 4 fully saturated rings. The minimum atomic E-state index is -0.301. The van der Waals surface area contributed by atoms with Gasteiger partial charge in [-0.1, -0.05) is 6.07 Å². The summed E-state index contributed by atoms with van der Waals surface area (Å²) < 4.78 is 5.14. The summed E-state index contributed by atoms with van der Waals surface area (Å²) in [5, 5.41) is 5.95. The van der Waals surface area contributed by atoms with Gasteiger partial charge in [0.05, 0.1) is 6.26 Å². The van der Waals surface area contributed by atoms with Crippen molar-refractivity contribution in [1.29, 1.82) is 0 Å². The van der Waals surface area contributed by atoms with Crippen LogP contribution in [0.4, 0.5) is 11.4 Å². The lowest BCUT2D eigenvalue weighted by atomic mass is 9.49. The van der Waals surface area contributed by atoms with Crippen LogP contribution in [0.5, 0.6) is 0 Å². The van der Waals surface area contributed by atoms with Crippen molar-refractivity contribution in [2.45, 2.75) is 51.9 Å². The second-order valence-electron chi connectivity index (χ2n) is 9.60. The molecule has 0 unspecified atom stereocenters. The average Bonchev–Trinajstić information content (AvgIpc) is 3.17. The molecule has 4 aliphatic carbocycles. The predicted molar refractivity (Wildman–Crippen MR) is 112 cm³/mol. The topological polar surface area (TPSA) is 71.3 Å². The summed E-state index contributed by atoms with van der Waals surface area (Å²) in [6, 6.07) is 8.88. The van der Waals surface area contributed by atoms with Crippen LogP contribution in [-0.2, 0) is 4.79 Å². The summed E-state index contributed by atoms with van der Waals surface area (Å²) in [7, 11) is 0. The van der Waals surface area contributed by atoms with E-state index in [-0.39, 0.29) is 23.0 Å². The number of hydrogen-bond donors (Lipinski definition) is 2. The van der Waals surface area contributed by atoms with E-state index in [4.69, 9.17) is 4.42 Å². The van der Waals surface area contributed by atoms with Gasteiger partial charge in [-0.25, -0.2) is 0 Å². The number of hydrogen-bond acceptors (Lipinski definition) is 3. The van der Waals surface area contributed by atoms with Crippen LogP contribution in [0.3, 0.4) is 0 Å². The molecule has 4 aliphatic rings. The SMILES string of the molecule is Cc1ccc(NC(=O)c2ccco2)cc1NC(=O)CC12CC3CC(CC(C3)C1)C2. The number of carbonyl (C=O) groups excluding carboxylic acids is 2. The molecule has 1 aromatic carbocycles. The van der Waals surface area contributed by atoms with E-state index in [2.05, 4.69) is 10.6 Å². The number of nitrogens with one attached hydrogen (secondary N) is 2. The Balaban J connectivity index is 1.26. The Morgan fingerprint density at radius 3 is 2.34 bits per heavy atom. The van der Waals surface area contributed by atoms with E-state index >= 15 is 0 Å². The van der Waals surface area contributed by atoms with Crippen molar-refractivity contribution >= 4 is 23.2 Å². The number of furan rings is 1. The molecule has 4 saturated carbocycles. The summed E-state index contributed by atoms with van der Waals surface area (Å²) in [6.45, 7) is 1.97. The number of anilines is 2. The van der Waals surface area contributed by atoms with Crippen LogP contribution in [0.1, 0.15) is 61.1 Å². The highest BCUT2D eigenvalue weighted by Crippen LogP contribution is 2.61. The van der Waals surface area contributed by atoms with E-state index in [1.165, 1.54) is 44.8 Å². The molecule has 29 heavy (non-hydrogen) atoms. The summed E-state index contributed by atoms with van der Waals surface area (Å²) in [4.78, 5) is 25.2. The monoisotopic (exact) mass is 392 g/mol. The van der Waals surface area contributed by atoms with Gasteiger partial charge in [-0.3, -0.25) is 9.59 Å². The Morgan fingerprint density at radius 2 is 1.72 bits per heavy atom. The average molecular weight is 392 g/mol. The number of amides is 2. The molecule has 6 rings (SSSR count). The molecule has 0 spiro atoms. The van der Waals surface area contributed by atoms with Crippen molar-refractivity contribution in [1.82, 2.24) is 0 Å². The largest absolute Gasteiger partial charge is 0.459 e. The maximum atomic E-state index is 13.0. The Labute approximate surface area is 171 Å². The first-order valence-corrected chi connectivity index (χ1v) is 10.7. The van der Waals surface area contributed by atoms with Crippen molar-refractivity contribution < 1.29 is 14.0 Å². The molecule has 0 aliphatic heterocycles. The standard InChI is InChI=1S/C24H28N2O3/c1-15-4-5-19(25-23(28)21-3-2-6-29-21)10-20(15)26-22(27)14-24-11-16-7-17(12-24)9-18(8-16)13-24/h2-6,10,16-18H,7-9,11-14H2,1H3,(H,25,28)(H,26,27). The zero-order valence-electron chi connectivity index (χ0n) is 16.9. The summed E-state index contributed by atoms with van der Waals surface area (Å²) in [5.41, 5.74) is 2.61. The van der Waals surface area contributed by atoms with Gasteiger partial charge >= 0.3 is 0 Å². The lowest BCUT2D eigenvalue weighted by Gasteiger charge is -2.56. The van der Waals surface area contributed by atoms with Gasteiger partial charge in [-0.05, 0) is 98.4 Å². The molecule has 5 heteroatoms. The number of benzene rings is 1. The van der Waals surface area contributed by atoms with Gasteiger partial charge in [0.2, 0.25) is 5.91 Å². The molecule has 152 valence electrons. The molecular formula is C24H28N2O3. The fourth-order valence-corrected chi connectivity index (χ4v) is 6.48. The van der Waals surface area contributed by atoms with E-state index in [1.807, 2.05) is 25.1 Å². The number of aryl methyl sites for hydroxylation is 1. The highest BCUT2D eigenvalue weighted by Gasteiger charge is 2.51. The molecule has 1 heterocycles. The van der Waals surface area contributed by atoms with Gasteiger partial charge < -0.3 is 15.1 Å². The fraction of sp³-hybridized carbons (Fsp3) is 0.500. The van der Waals surface area contributed by atoms with Crippen molar-refractivity contribution in [2.75, 3.05) is 10.6 Å². The third-order valence-corrected chi connectivity index (χ3v) is 7.22. The summed E-state index contributed by atoms with van der Waals surface area (Å²) in [6.07, 6.45) is 9.94. The Kier molecular flexibility index (Phi) is 4.49. The maximum absolute atomic E-state index is 13.0. The first-order chi connectivity index (χ1) is 14.0. The lowest BCUT2D eigenvalue weighted by molar-refractivity contribution is -0.124. The van der Waals surface area contributed by atoms with Gasteiger partial charge in [-0.2, -0.15) is 0 Å². The molecule has 0 radical (unpaired) electrons. The van der Waals surface area contributed by atoms with E-state index < -0.39 is 0 Å². The van der Waals surface area contributed by atoms with Gasteiger partial charge in [0.15, 0.2) is 5.76 Å². The van der Waals surface area contributed by atoms with Gasteiger partial charge in [0.1, 0.15) is 0 Å². The number of carbonyl (C=O) groups is 2. The van der Waals surface area contributed by atoms with Crippen molar-refractivity contribution in [3.05, 3.63) is 47.9 Å². The first-order valence-electron chi connectivity index (χ1n) is 10.7. The quantitative estimate of drug-likeness (QED) is 0.717. The predicted octanol–water partition coefficient (Wildman–Crippen LogP) is 5.39. The first kappa shape index (κ1) is 18.5. The van der Waals surface area contributed by atoms with Gasteiger partial charge in [0.25, 0.3) is 5.91 Å². The molecule has 2 amide bonds. The Hall–Kier alpha value is -2.56. The van der Waals surface area contributed by atoms with Crippen molar-refractivity contribution in [2.24, 2.45) is 23.2 Å². The Morgan fingerprint density at radius 1 is 1.03 bits per heavy atom. The van der Waals surface area contributed by atoms with Crippen LogP contribution >= 0.6 is 0 Å². The molecule has 2 N–H and O–H groups in total. The molecule has 2 aromatic rings. The second kappa shape index (κ2) is 7.05. The smallest absolute Gasteiger partial charge is 0.291 e. The van der Waals surface area contributed by atoms with E-state index in [1.54, 1.807) is 12.1 Å². The molecule has 0 atom stereocenters. The minimum absolute atomic E-state index is 0.101. The molecular weight excluding hydrogens is 364 g/mol. The van der Waals surface area contributed by atoms with E-state index in [0.29, 0.717) is 12.1 Å². The lowest BCUT2D eigenvalue weighted by Crippen LogP contribution is -2.47. The molecule has 0 saturated heterocycles. The highest BCUT2D eigenvalue weighted by atomic mass is 16.3. The van der Waals surface area contributed by atoms with Crippen LogP contribution in [-0.4, -0.2) is 11.8 Å². The van der Waals surface area contributed by atoms with Crippen LogP contribution in [0.15, 0.2) is 41.0 Å². The molecule has 5 nitrogen and oxygen atoms in total. The van der Waals surface area contributed by atoms with Gasteiger partial charge in [-0.15, -0.1) is 0 Å². The molecule has 1 aromatic heterocycles. The van der Waals surface area contributed by atoms with Crippen LogP contribution in [0, 0.1) is 30.1 Å². The third-order valence-electron chi connectivity index (χ3n) is 7.22. The minimum Gasteiger partial charge on any atom is -0.459 e. The summed E-state index contributed by atoms with van der Waals surface area (Å²) >= 11 is 0. The van der Waals surface area contributed by atoms with Crippen LogP contribution in [0.2, 0.25) is 0 Å². The zero-order valence-corrected chi connectivity index (χ0v) is 16.9. The fourth-order valence-electron chi connectivity index (χ4n) is 6.48. The van der Waals surface area contributed by atoms with Crippen molar-refractivity contribution in [3.8, 4) is 0 Å². The zero-order chi connectivity index (χ0) is 20.0. The van der Waals surface area contributed by atoms with Crippen molar-refractivity contribution in [3.63, 3.8) is 0 Å². The van der Waals surface area contributed by atoms with E-state index in [9.17, 15) is 9.59 Å². The van der Waals surface area contributed by atoms with Crippen LogP contribution in [0.25, 0.3) is 0 Å². The normalized spacial score (nSPS) is 29.6. The number of rotatable bonds is 5. The second-order valence-corrected chi connectivity index (χ2v) is 9.60. The molecule has 4 bridgehead atoms. The summed E-state index contributed by atoms with van der Waals surface area (Å²) in [5.74, 6) is 2.59. The van der Waals surface area contributed by atoms with Gasteiger partial charge in [0, 0.05) is 17.8 Å². The maximum Gasteiger partial charge on any atom is 0.291 e. The third kappa shape index (κ3) is 3.70. The Bertz CT molecular complexity index is 896. The van der Waals surface area contributed by atoms with E-state index in [0.717, 1.165) is 29.0 Å². The highest BCUT2D eigenvalue weighted by molar-refractivity contribution is 6.03.